The first kappa shape index (κ1) is 22.6. The minimum Gasteiger partial charge on any atom is -0.494 e. The average Bonchev–Trinajstić information content (AvgIpc) is 3.14. The molecule has 1 aliphatic rings. The lowest BCUT2D eigenvalue weighted by Gasteiger charge is -2.40. The summed E-state index contributed by atoms with van der Waals surface area (Å²) in [5, 5.41) is 40.7. The van der Waals surface area contributed by atoms with Crippen LogP contribution in [0.1, 0.15) is 24.3 Å². The SMILES string of the molecule is CCOc1ccc(Cc2cn([C@@H]3O[C@H](CO)[C@@H](O)[C@H](O)[C@H]3O)c3c(F)cccc23)c(F)c1. The third kappa shape index (κ3) is 3.98. The number of aromatic nitrogens is 1. The Morgan fingerprint density at radius 2 is 1.78 bits per heavy atom. The van der Waals surface area contributed by atoms with Gasteiger partial charge >= 0.3 is 0 Å². The fourth-order valence-corrected chi connectivity index (χ4v) is 4.13. The van der Waals surface area contributed by atoms with E-state index in [-0.39, 0.29) is 11.9 Å². The summed E-state index contributed by atoms with van der Waals surface area (Å²) in [4.78, 5) is 0. The molecule has 1 aromatic heterocycles. The standard InChI is InChI=1S/C23H25F2NO6/c1-2-31-14-7-6-12(17(25)9-14)8-13-10-26(19-15(13)4-3-5-16(19)24)23-22(30)21(29)20(28)18(11-27)32-23/h3-7,9-10,18,20-23,27-30H,2,8,11H2,1H3/t18-,20-,21+,22-,23-/m1/s1. The van der Waals surface area contributed by atoms with E-state index in [0.717, 1.165) is 0 Å². The number of aliphatic hydroxyl groups is 4. The van der Waals surface area contributed by atoms with Crippen molar-refractivity contribution in [1.82, 2.24) is 4.57 Å². The normalized spacial score (nSPS) is 25.9. The molecule has 2 heterocycles. The fraction of sp³-hybridized carbons (Fsp3) is 0.391. The number of hydrogen-bond donors (Lipinski definition) is 4. The van der Waals surface area contributed by atoms with Gasteiger partial charge in [0.2, 0.25) is 0 Å². The Hall–Kier alpha value is -2.56. The zero-order valence-electron chi connectivity index (χ0n) is 17.4. The maximum Gasteiger partial charge on any atom is 0.163 e. The third-order valence-electron chi connectivity index (χ3n) is 5.74. The minimum atomic E-state index is -1.61. The lowest BCUT2D eigenvalue weighted by molar-refractivity contribution is -0.250. The number of benzene rings is 2. The molecule has 4 N–H and O–H groups in total. The van der Waals surface area contributed by atoms with Crippen molar-refractivity contribution in [2.45, 2.75) is 44.0 Å². The molecule has 3 aromatic rings. The van der Waals surface area contributed by atoms with Gasteiger partial charge in [-0.3, -0.25) is 0 Å². The monoisotopic (exact) mass is 449 g/mol. The Balaban J connectivity index is 1.76. The molecule has 1 fully saturated rings. The lowest BCUT2D eigenvalue weighted by atomic mass is 9.98. The molecule has 0 amide bonds. The van der Waals surface area contributed by atoms with E-state index in [2.05, 4.69) is 0 Å². The van der Waals surface area contributed by atoms with Crippen LogP contribution >= 0.6 is 0 Å². The van der Waals surface area contributed by atoms with Crippen LogP contribution in [0.2, 0.25) is 0 Å². The second-order valence-electron chi connectivity index (χ2n) is 7.78. The Morgan fingerprint density at radius 3 is 2.47 bits per heavy atom. The van der Waals surface area contributed by atoms with Crippen molar-refractivity contribution < 1.29 is 38.7 Å². The summed E-state index contributed by atoms with van der Waals surface area (Å²) < 4.78 is 41.7. The first-order valence-electron chi connectivity index (χ1n) is 10.3. The summed E-state index contributed by atoms with van der Waals surface area (Å²) >= 11 is 0. The molecule has 0 saturated carbocycles. The predicted molar refractivity (Wildman–Crippen MR) is 111 cm³/mol. The van der Waals surface area contributed by atoms with Gasteiger partial charge in [-0.05, 0) is 30.2 Å². The molecule has 172 valence electrons. The molecule has 5 atom stereocenters. The number of aliphatic hydroxyl groups excluding tert-OH is 4. The number of rotatable bonds is 6. The van der Waals surface area contributed by atoms with E-state index >= 15 is 0 Å². The predicted octanol–water partition coefficient (Wildman–Crippen LogP) is 1.88. The molecule has 0 spiro atoms. The molecule has 32 heavy (non-hydrogen) atoms. The maximum atomic E-state index is 14.8. The zero-order chi connectivity index (χ0) is 23.0. The van der Waals surface area contributed by atoms with E-state index in [1.165, 1.54) is 29.0 Å². The quantitative estimate of drug-likeness (QED) is 0.458. The van der Waals surface area contributed by atoms with E-state index < -0.39 is 48.9 Å². The third-order valence-corrected chi connectivity index (χ3v) is 5.74. The largest absolute Gasteiger partial charge is 0.494 e. The molecular formula is C23H25F2NO6. The van der Waals surface area contributed by atoms with Gasteiger partial charge in [-0.2, -0.15) is 0 Å². The second kappa shape index (κ2) is 9.13. The van der Waals surface area contributed by atoms with Crippen molar-refractivity contribution in [3.05, 3.63) is 65.4 Å². The molecule has 0 radical (unpaired) electrons. The molecule has 0 unspecified atom stereocenters. The molecule has 4 rings (SSSR count). The smallest absolute Gasteiger partial charge is 0.163 e. The Bertz CT molecular complexity index is 1100. The summed E-state index contributed by atoms with van der Waals surface area (Å²) in [6.45, 7) is 1.60. The number of hydrogen-bond acceptors (Lipinski definition) is 6. The van der Waals surface area contributed by atoms with Crippen LogP contribution in [0.4, 0.5) is 8.78 Å². The van der Waals surface area contributed by atoms with E-state index in [0.29, 0.717) is 28.9 Å². The van der Waals surface area contributed by atoms with Crippen molar-refractivity contribution in [1.29, 1.82) is 0 Å². The highest BCUT2D eigenvalue weighted by Gasteiger charge is 2.44. The van der Waals surface area contributed by atoms with Crippen LogP contribution < -0.4 is 4.74 Å². The summed E-state index contributed by atoms with van der Waals surface area (Å²) in [6.07, 6.45) is -5.49. The van der Waals surface area contributed by atoms with Crippen LogP contribution in [-0.2, 0) is 11.2 Å². The number of para-hydroxylation sites is 1. The molecule has 2 aromatic carbocycles. The van der Waals surface area contributed by atoms with Crippen molar-refractivity contribution in [3.8, 4) is 5.75 Å². The lowest BCUT2D eigenvalue weighted by Crippen LogP contribution is -2.56. The second-order valence-corrected chi connectivity index (χ2v) is 7.78. The van der Waals surface area contributed by atoms with E-state index in [1.54, 1.807) is 25.1 Å². The number of ether oxygens (including phenoxy) is 2. The first-order chi connectivity index (χ1) is 15.3. The topological polar surface area (TPSA) is 104 Å². The van der Waals surface area contributed by atoms with Crippen molar-refractivity contribution in [3.63, 3.8) is 0 Å². The molecule has 9 heteroatoms. The summed E-state index contributed by atoms with van der Waals surface area (Å²) in [7, 11) is 0. The van der Waals surface area contributed by atoms with Crippen LogP contribution in [0.15, 0.2) is 42.6 Å². The number of halogens is 2. The Labute approximate surface area is 183 Å². The number of nitrogens with zero attached hydrogens (tertiary/aromatic N) is 1. The molecule has 0 bridgehead atoms. The molecule has 7 nitrogen and oxygen atoms in total. The van der Waals surface area contributed by atoms with Crippen molar-refractivity contribution in [2.24, 2.45) is 0 Å². The Morgan fingerprint density at radius 1 is 1.00 bits per heavy atom. The highest BCUT2D eigenvalue weighted by molar-refractivity contribution is 5.85. The van der Waals surface area contributed by atoms with Gasteiger partial charge in [0.05, 0.1) is 18.7 Å². The van der Waals surface area contributed by atoms with Crippen molar-refractivity contribution >= 4 is 10.9 Å². The maximum absolute atomic E-state index is 14.8. The van der Waals surface area contributed by atoms with E-state index in [9.17, 15) is 29.2 Å². The van der Waals surface area contributed by atoms with E-state index in [1.807, 2.05) is 0 Å². The van der Waals surface area contributed by atoms with Crippen LogP contribution in [0.25, 0.3) is 10.9 Å². The van der Waals surface area contributed by atoms with Gasteiger partial charge < -0.3 is 34.5 Å². The van der Waals surface area contributed by atoms with Gasteiger partial charge in [0.1, 0.15) is 41.8 Å². The van der Waals surface area contributed by atoms with Gasteiger partial charge in [0.25, 0.3) is 0 Å². The van der Waals surface area contributed by atoms with Crippen LogP contribution in [-0.4, -0.2) is 62.6 Å². The summed E-state index contributed by atoms with van der Waals surface area (Å²) in [6, 6.07) is 8.96. The van der Waals surface area contributed by atoms with E-state index in [4.69, 9.17) is 9.47 Å². The molecular weight excluding hydrogens is 424 g/mol. The highest BCUT2D eigenvalue weighted by atomic mass is 19.1. The summed E-state index contributed by atoms with van der Waals surface area (Å²) in [5.74, 6) is -0.664. The molecule has 0 aliphatic carbocycles. The highest BCUT2D eigenvalue weighted by Crippen LogP contribution is 2.35. The van der Waals surface area contributed by atoms with Gasteiger partial charge in [-0.1, -0.05) is 18.2 Å². The number of fused-ring (bicyclic) bond motifs is 1. The fourth-order valence-electron chi connectivity index (χ4n) is 4.13. The van der Waals surface area contributed by atoms with Gasteiger partial charge in [0, 0.05) is 24.1 Å². The van der Waals surface area contributed by atoms with Crippen LogP contribution in [0, 0.1) is 11.6 Å². The van der Waals surface area contributed by atoms with Gasteiger partial charge in [-0.15, -0.1) is 0 Å². The Kier molecular flexibility index (Phi) is 6.45. The summed E-state index contributed by atoms with van der Waals surface area (Å²) in [5.41, 5.74) is 1.03. The first-order valence-corrected chi connectivity index (χ1v) is 10.3. The molecule has 1 aliphatic heterocycles. The van der Waals surface area contributed by atoms with Gasteiger partial charge in [0.15, 0.2) is 6.23 Å². The van der Waals surface area contributed by atoms with Gasteiger partial charge in [-0.25, -0.2) is 8.78 Å². The van der Waals surface area contributed by atoms with Crippen molar-refractivity contribution in [2.75, 3.05) is 13.2 Å². The van der Waals surface area contributed by atoms with Crippen LogP contribution in [0.5, 0.6) is 5.75 Å². The van der Waals surface area contributed by atoms with Crippen LogP contribution in [0.3, 0.4) is 0 Å². The zero-order valence-corrected chi connectivity index (χ0v) is 17.4. The molecule has 1 saturated heterocycles. The average molecular weight is 449 g/mol. The minimum absolute atomic E-state index is 0.0955.